The molecule has 2 fully saturated rings. The van der Waals surface area contributed by atoms with Crippen LogP contribution in [0.25, 0.3) is 0 Å². The minimum atomic E-state index is -3.25. The average molecular weight is 465 g/mol. The predicted molar refractivity (Wildman–Crippen MR) is 133 cm³/mol. The normalized spacial score (nSPS) is 18.8. The molecule has 2 saturated carbocycles. The summed E-state index contributed by atoms with van der Waals surface area (Å²) in [6.45, 7) is 5.20. The molecule has 2 aliphatic carbocycles. The molecular weight excluding hydrogens is 419 g/mol. The smallest absolute Gasteiger partial charge is 0.335 e. The Kier molecular flexibility index (Phi) is 10.6. The van der Waals surface area contributed by atoms with Crippen LogP contribution in [0.2, 0.25) is 0 Å². The minimum absolute atomic E-state index is 0.346. The molecule has 1 aromatic carbocycles. The second-order valence-corrected chi connectivity index (χ2v) is 12.0. The Balaban J connectivity index is 1.97. The van der Waals surface area contributed by atoms with Crippen molar-refractivity contribution >= 4 is 7.60 Å². The summed E-state index contributed by atoms with van der Waals surface area (Å²) in [5.41, 5.74) is 3.59. The maximum Gasteiger partial charge on any atom is 0.335 e. The van der Waals surface area contributed by atoms with E-state index < -0.39 is 7.60 Å². The molecule has 0 aromatic heterocycles. The number of hydrogen-bond donors (Lipinski definition) is 1. The van der Waals surface area contributed by atoms with Gasteiger partial charge in [-0.1, -0.05) is 65.2 Å². The molecule has 0 heterocycles. The van der Waals surface area contributed by atoms with Crippen LogP contribution in [0.5, 0.6) is 5.75 Å². The standard InChI is InChI=1S/C27H45O4P/c1-3-5-17-30-32(29,31-18-6-4-2)21-27-25(22-13-9-7-10-14-22)19-24(28)20-26(27)23-15-11-8-12-16-23/h19-20,22-23,28H,3-18,21H2,1-2H3. The predicted octanol–water partition coefficient (Wildman–Crippen LogP) is 8.81. The lowest BCUT2D eigenvalue weighted by Crippen LogP contribution is -2.14. The summed E-state index contributed by atoms with van der Waals surface area (Å²) in [5.74, 6) is 1.24. The van der Waals surface area contributed by atoms with Gasteiger partial charge < -0.3 is 14.2 Å². The molecule has 1 aromatic rings. The Morgan fingerprint density at radius 2 is 1.25 bits per heavy atom. The van der Waals surface area contributed by atoms with Crippen LogP contribution in [-0.2, 0) is 19.8 Å². The van der Waals surface area contributed by atoms with E-state index in [0.717, 1.165) is 56.9 Å². The second kappa shape index (κ2) is 13.2. The highest BCUT2D eigenvalue weighted by atomic mass is 31.2. The van der Waals surface area contributed by atoms with Gasteiger partial charge in [-0.25, -0.2) is 0 Å². The van der Waals surface area contributed by atoms with E-state index in [9.17, 15) is 9.67 Å². The van der Waals surface area contributed by atoms with Crippen molar-refractivity contribution in [3.63, 3.8) is 0 Å². The van der Waals surface area contributed by atoms with Gasteiger partial charge in [-0.15, -0.1) is 0 Å². The Hall–Kier alpha value is -0.830. The average Bonchev–Trinajstić information content (AvgIpc) is 2.81. The number of unbranched alkanes of at least 4 members (excludes halogenated alkanes) is 2. The molecule has 2 aliphatic rings. The number of benzene rings is 1. The first kappa shape index (κ1) is 25.8. The van der Waals surface area contributed by atoms with Crippen molar-refractivity contribution in [3.8, 4) is 5.75 Å². The molecule has 0 aliphatic heterocycles. The van der Waals surface area contributed by atoms with E-state index in [0.29, 0.717) is 37.0 Å². The van der Waals surface area contributed by atoms with Gasteiger partial charge in [0, 0.05) is 0 Å². The van der Waals surface area contributed by atoms with Crippen LogP contribution in [0.1, 0.15) is 132 Å². The quantitative estimate of drug-likeness (QED) is 0.248. The number of phenolic OH excluding ortho intramolecular Hbond substituents is 1. The Morgan fingerprint density at radius 1 is 0.812 bits per heavy atom. The molecule has 1 N–H and O–H groups in total. The minimum Gasteiger partial charge on any atom is -0.508 e. The van der Waals surface area contributed by atoms with Crippen LogP contribution in [0.15, 0.2) is 12.1 Å². The molecule has 5 heteroatoms. The third-order valence-corrected chi connectivity index (χ3v) is 9.17. The van der Waals surface area contributed by atoms with E-state index in [-0.39, 0.29) is 0 Å². The van der Waals surface area contributed by atoms with E-state index in [4.69, 9.17) is 9.05 Å². The zero-order valence-corrected chi connectivity index (χ0v) is 21.3. The second-order valence-electron chi connectivity index (χ2n) is 9.92. The van der Waals surface area contributed by atoms with E-state index in [1.54, 1.807) is 0 Å². The monoisotopic (exact) mass is 464 g/mol. The summed E-state index contributed by atoms with van der Waals surface area (Å²) in [7, 11) is -3.25. The zero-order chi connectivity index (χ0) is 22.8. The molecule has 0 spiro atoms. The van der Waals surface area contributed by atoms with Gasteiger partial charge in [0.05, 0.1) is 19.4 Å². The summed E-state index contributed by atoms with van der Waals surface area (Å²) >= 11 is 0. The highest BCUT2D eigenvalue weighted by molar-refractivity contribution is 7.53. The molecule has 32 heavy (non-hydrogen) atoms. The highest BCUT2D eigenvalue weighted by Gasteiger charge is 2.32. The van der Waals surface area contributed by atoms with E-state index in [2.05, 4.69) is 13.8 Å². The molecular formula is C27H45O4P. The molecule has 0 saturated heterocycles. The largest absolute Gasteiger partial charge is 0.508 e. The Labute approximate surface area is 196 Å². The fourth-order valence-corrected chi connectivity index (χ4v) is 7.28. The summed E-state index contributed by atoms with van der Waals surface area (Å²) < 4.78 is 26.0. The van der Waals surface area contributed by atoms with Crippen molar-refractivity contribution in [2.75, 3.05) is 13.2 Å². The molecule has 0 radical (unpaired) electrons. The van der Waals surface area contributed by atoms with Gasteiger partial charge in [0.1, 0.15) is 5.75 Å². The van der Waals surface area contributed by atoms with Crippen LogP contribution in [0, 0.1) is 0 Å². The van der Waals surface area contributed by atoms with Crippen LogP contribution in [0.4, 0.5) is 0 Å². The van der Waals surface area contributed by atoms with Crippen molar-refractivity contribution in [1.82, 2.24) is 0 Å². The third-order valence-electron chi connectivity index (χ3n) is 7.32. The first-order valence-electron chi connectivity index (χ1n) is 13.3. The maximum atomic E-state index is 14.0. The molecule has 4 nitrogen and oxygen atoms in total. The van der Waals surface area contributed by atoms with Crippen LogP contribution in [0.3, 0.4) is 0 Å². The number of rotatable bonds is 12. The summed E-state index contributed by atoms with van der Waals surface area (Å²) in [5, 5.41) is 10.7. The van der Waals surface area contributed by atoms with E-state index >= 15 is 0 Å². The topological polar surface area (TPSA) is 55.8 Å². The lowest BCUT2D eigenvalue weighted by molar-refractivity contribution is 0.198. The van der Waals surface area contributed by atoms with Gasteiger partial charge in [-0.2, -0.15) is 0 Å². The van der Waals surface area contributed by atoms with E-state index in [1.807, 2.05) is 12.1 Å². The van der Waals surface area contributed by atoms with E-state index in [1.165, 1.54) is 49.7 Å². The fraction of sp³-hybridized carbons (Fsp3) is 0.778. The molecule has 0 atom stereocenters. The number of phenols is 1. The zero-order valence-electron chi connectivity index (χ0n) is 20.4. The van der Waals surface area contributed by atoms with Gasteiger partial charge in [-0.3, -0.25) is 4.57 Å². The van der Waals surface area contributed by atoms with Gasteiger partial charge in [-0.05, 0) is 79.2 Å². The van der Waals surface area contributed by atoms with Crippen LogP contribution >= 0.6 is 7.60 Å². The van der Waals surface area contributed by atoms with Gasteiger partial charge in [0.2, 0.25) is 0 Å². The molecule has 0 bridgehead atoms. The van der Waals surface area contributed by atoms with Crippen molar-refractivity contribution in [2.24, 2.45) is 0 Å². The first-order chi connectivity index (χ1) is 15.6. The molecule has 0 amide bonds. The first-order valence-corrected chi connectivity index (χ1v) is 15.0. The number of hydrogen-bond acceptors (Lipinski definition) is 4. The fourth-order valence-electron chi connectivity index (χ4n) is 5.46. The molecule has 0 unspecified atom stereocenters. The van der Waals surface area contributed by atoms with Gasteiger partial charge in [0.15, 0.2) is 0 Å². The van der Waals surface area contributed by atoms with Crippen molar-refractivity contribution < 1.29 is 18.7 Å². The number of aromatic hydroxyl groups is 1. The van der Waals surface area contributed by atoms with Gasteiger partial charge >= 0.3 is 7.60 Å². The Morgan fingerprint density at radius 3 is 1.66 bits per heavy atom. The van der Waals surface area contributed by atoms with Crippen LogP contribution in [-0.4, -0.2) is 18.3 Å². The summed E-state index contributed by atoms with van der Waals surface area (Å²) in [6, 6.07) is 3.92. The Bertz CT molecular complexity index is 682. The maximum absolute atomic E-state index is 14.0. The summed E-state index contributed by atoms with van der Waals surface area (Å²) in [4.78, 5) is 0. The third kappa shape index (κ3) is 7.34. The lowest BCUT2D eigenvalue weighted by Gasteiger charge is -2.31. The van der Waals surface area contributed by atoms with Crippen molar-refractivity contribution in [2.45, 2.75) is 122 Å². The highest BCUT2D eigenvalue weighted by Crippen LogP contribution is 2.55. The van der Waals surface area contributed by atoms with Gasteiger partial charge in [0.25, 0.3) is 0 Å². The van der Waals surface area contributed by atoms with Crippen molar-refractivity contribution in [3.05, 3.63) is 28.8 Å². The lowest BCUT2D eigenvalue weighted by atomic mass is 9.77. The van der Waals surface area contributed by atoms with Crippen LogP contribution < -0.4 is 0 Å². The van der Waals surface area contributed by atoms with Crippen molar-refractivity contribution in [1.29, 1.82) is 0 Å². The summed E-state index contributed by atoms with van der Waals surface area (Å²) in [6.07, 6.45) is 16.3. The SMILES string of the molecule is CCCCOP(=O)(Cc1c(C2CCCCC2)cc(O)cc1C1CCCCC1)OCCCC. The molecule has 182 valence electrons. The molecule has 3 rings (SSSR count).